The number of amides is 2. The number of aryl methyl sites for hydroxylation is 1. The number of methoxy groups -OCH3 is 2. The lowest BCUT2D eigenvalue weighted by Crippen LogP contribution is -2.47. The summed E-state index contributed by atoms with van der Waals surface area (Å²) in [6, 6.07) is 10.1. The Morgan fingerprint density at radius 2 is 1.73 bits per heavy atom. The Morgan fingerprint density at radius 3 is 2.30 bits per heavy atom. The lowest BCUT2D eigenvalue weighted by Gasteiger charge is -2.21. The highest BCUT2D eigenvalue weighted by molar-refractivity contribution is 7.22. The van der Waals surface area contributed by atoms with Crippen molar-refractivity contribution in [3.63, 3.8) is 0 Å². The molecule has 0 aliphatic heterocycles. The first-order chi connectivity index (χ1) is 14.3. The minimum absolute atomic E-state index is 0.127. The molecule has 0 spiro atoms. The Bertz CT molecular complexity index is 1060. The maximum atomic E-state index is 12.9. The van der Waals surface area contributed by atoms with Gasteiger partial charge >= 0.3 is 0 Å². The fraction of sp³-hybridized carbons (Fsp3) is 0.318. The Kier molecular flexibility index (Phi) is 6.56. The van der Waals surface area contributed by atoms with Gasteiger partial charge in [-0.3, -0.25) is 9.59 Å². The smallest absolute Gasteiger partial charge is 0.252 e. The summed E-state index contributed by atoms with van der Waals surface area (Å²) in [6.07, 6.45) is 0. The Balaban J connectivity index is 1.78. The summed E-state index contributed by atoms with van der Waals surface area (Å²) < 4.78 is 11.4. The van der Waals surface area contributed by atoms with Crippen molar-refractivity contribution >= 4 is 38.5 Å². The van der Waals surface area contributed by atoms with Crippen molar-refractivity contribution in [2.24, 2.45) is 5.92 Å². The molecule has 0 aliphatic rings. The van der Waals surface area contributed by atoms with Crippen LogP contribution in [0.3, 0.4) is 0 Å². The van der Waals surface area contributed by atoms with Crippen molar-refractivity contribution in [1.82, 2.24) is 10.3 Å². The van der Waals surface area contributed by atoms with E-state index < -0.39 is 6.04 Å². The van der Waals surface area contributed by atoms with Gasteiger partial charge in [0, 0.05) is 11.6 Å². The number of benzene rings is 2. The Morgan fingerprint density at radius 1 is 1.07 bits per heavy atom. The highest BCUT2D eigenvalue weighted by Crippen LogP contribution is 2.28. The lowest BCUT2D eigenvalue weighted by atomic mass is 10.0. The van der Waals surface area contributed by atoms with Crippen molar-refractivity contribution in [1.29, 1.82) is 0 Å². The van der Waals surface area contributed by atoms with E-state index in [1.54, 1.807) is 18.2 Å². The van der Waals surface area contributed by atoms with Gasteiger partial charge in [-0.25, -0.2) is 4.98 Å². The number of aromatic nitrogens is 1. The second-order valence-electron chi connectivity index (χ2n) is 7.23. The van der Waals surface area contributed by atoms with E-state index in [1.165, 1.54) is 25.6 Å². The number of para-hydroxylation sites is 1. The van der Waals surface area contributed by atoms with E-state index in [0.717, 1.165) is 15.8 Å². The molecule has 158 valence electrons. The molecule has 8 heteroatoms. The van der Waals surface area contributed by atoms with Gasteiger partial charge in [-0.05, 0) is 36.6 Å². The van der Waals surface area contributed by atoms with Gasteiger partial charge in [-0.2, -0.15) is 0 Å². The third-order valence-electron chi connectivity index (χ3n) is 4.70. The number of fused-ring (bicyclic) bond motifs is 1. The molecule has 2 aromatic carbocycles. The molecule has 0 fully saturated rings. The summed E-state index contributed by atoms with van der Waals surface area (Å²) >= 11 is 1.41. The van der Waals surface area contributed by atoms with Crippen LogP contribution in [-0.2, 0) is 4.79 Å². The Hall–Kier alpha value is -3.13. The summed E-state index contributed by atoms with van der Waals surface area (Å²) in [5.41, 5.74) is 2.26. The van der Waals surface area contributed by atoms with Gasteiger partial charge in [0.1, 0.15) is 17.5 Å². The zero-order valence-corrected chi connectivity index (χ0v) is 18.4. The molecule has 1 aromatic heterocycles. The van der Waals surface area contributed by atoms with Crippen LogP contribution in [0.2, 0.25) is 0 Å². The maximum Gasteiger partial charge on any atom is 0.252 e. The van der Waals surface area contributed by atoms with Crippen LogP contribution in [0.1, 0.15) is 29.8 Å². The largest absolute Gasteiger partial charge is 0.497 e. The van der Waals surface area contributed by atoms with Crippen molar-refractivity contribution < 1.29 is 19.1 Å². The molecule has 3 rings (SSSR count). The molecular weight excluding hydrogens is 402 g/mol. The Labute approximate surface area is 179 Å². The van der Waals surface area contributed by atoms with Crippen molar-refractivity contribution in [3.05, 3.63) is 47.5 Å². The fourth-order valence-corrected chi connectivity index (χ4v) is 3.97. The van der Waals surface area contributed by atoms with Crippen molar-refractivity contribution in [2.45, 2.75) is 26.8 Å². The molecule has 2 amide bonds. The molecule has 1 heterocycles. The van der Waals surface area contributed by atoms with Crippen LogP contribution in [0.25, 0.3) is 10.2 Å². The second-order valence-corrected chi connectivity index (χ2v) is 8.26. The van der Waals surface area contributed by atoms with E-state index in [1.807, 2.05) is 39.0 Å². The number of rotatable bonds is 7. The predicted octanol–water partition coefficient (Wildman–Crippen LogP) is 4.02. The number of anilines is 1. The van der Waals surface area contributed by atoms with Crippen LogP contribution in [0.5, 0.6) is 11.5 Å². The van der Waals surface area contributed by atoms with E-state index in [-0.39, 0.29) is 17.7 Å². The molecule has 0 saturated heterocycles. The summed E-state index contributed by atoms with van der Waals surface area (Å²) in [5.74, 6) is 0.161. The zero-order chi connectivity index (χ0) is 21.8. The van der Waals surface area contributed by atoms with Crippen LogP contribution in [0.4, 0.5) is 5.13 Å². The van der Waals surface area contributed by atoms with E-state index in [9.17, 15) is 9.59 Å². The minimum Gasteiger partial charge on any atom is -0.497 e. The molecule has 2 N–H and O–H groups in total. The number of nitrogens with one attached hydrogen (secondary N) is 2. The number of hydrogen-bond acceptors (Lipinski definition) is 6. The average molecular weight is 428 g/mol. The standard InChI is InChI=1S/C22H25N3O4S/c1-12(2)18(23-20(26)14-9-15(28-4)11-16(10-14)29-5)21(27)25-22-24-19-13(3)7-6-8-17(19)30-22/h6-12,18H,1-5H3,(H,23,26)(H,24,25,27)/t18-/m1/s1. The second kappa shape index (κ2) is 9.13. The summed E-state index contributed by atoms with van der Waals surface area (Å²) in [4.78, 5) is 30.3. The quantitative estimate of drug-likeness (QED) is 0.595. The summed E-state index contributed by atoms with van der Waals surface area (Å²) in [6.45, 7) is 5.73. The number of thiazole rings is 1. The number of ether oxygens (including phenoxy) is 2. The zero-order valence-electron chi connectivity index (χ0n) is 17.6. The summed E-state index contributed by atoms with van der Waals surface area (Å²) in [7, 11) is 3.03. The molecule has 0 aliphatic carbocycles. The van der Waals surface area contributed by atoms with Crippen LogP contribution >= 0.6 is 11.3 Å². The van der Waals surface area contributed by atoms with Gasteiger partial charge in [0.05, 0.1) is 24.4 Å². The van der Waals surface area contributed by atoms with Gasteiger partial charge in [-0.15, -0.1) is 0 Å². The molecule has 7 nitrogen and oxygen atoms in total. The van der Waals surface area contributed by atoms with Crippen LogP contribution in [0, 0.1) is 12.8 Å². The summed E-state index contributed by atoms with van der Waals surface area (Å²) in [5, 5.41) is 6.17. The molecule has 0 radical (unpaired) electrons. The number of carbonyl (C=O) groups excluding carboxylic acids is 2. The molecule has 3 aromatic rings. The molecule has 30 heavy (non-hydrogen) atoms. The monoisotopic (exact) mass is 427 g/mol. The third kappa shape index (κ3) is 4.71. The van der Waals surface area contributed by atoms with E-state index >= 15 is 0 Å². The van der Waals surface area contributed by atoms with E-state index in [0.29, 0.717) is 22.2 Å². The lowest BCUT2D eigenvalue weighted by molar-refractivity contribution is -0.118. The van der Waals surface area contributed by atoms with Gasteiger partial charge in [-0.1, -0.05) is 37.3 Å². The molecule has 0 bridgehead atoms. The normalized spacial score (nSPS) is 11.9. The molecule has 0 unspecified atom stereocenters. The van der Waals surface area contributed by atoms with Gasteiger partial charge < -0.3 is 20.1 Å². The highest BCUT2D eigenvalue weighted by atomic mass is 32.1. The van der Waals surface area contributed by atoms with Crippen molar-refractivity contribution in [3.8, 4) is 11.5 Å². The molecule has 1 atom stereocenters. The van der Waals surface area contributed by atoms with E-state index in [2.05, 4.69) is 15.6 Å². The third-order valence-corrected chi connectivity index (χ3v) is 5.64. The minimum atomic E-state index is -0.734. The van der Waals surface area contributed by atoms with Crippen LogP contribution in [-0.4, -0.2) is 37.1 Å². The van der Waals surface area contributed by atoms with Crippen LogP contribution in [0.15, 0.2) is 36.4 Å². The van der Waals surface area contributed by atoms with Gasteiger partial charge in [0.25, 0.3) is 5.91 Å². The number of hydrogen-bond donors (Lipinski definition) is 2. The molecule has 0 saturated carbocycles. The van der Waals surface area contributed by atoms with Gasteiger partial charge in [0.2, 0.25) is 5.91 Å². The van der Waals surface area contributed by atoms with Crippen molar-refractivity contribution in [2.75, 3.05) is 19.5 Å². The van der Waals surface area contributed by atoms with Gasteiger partial charge in [0.15, 0.2) is 5.13 Å². The molecular formula is C22H25N3O4S. The average Bonchev–Trinajstić information content (AvgIpc) is 3.14. The topological polar surface area (TPSA) is 89.5 Å². The SMILES string of the molecule is COc1cc(OC)cc(C(=O)N[C@@H](C(=O)Nc2nc3c(C)cccc3s2)C(C)C)c1. The van der Waals surface area contributed by atoms with Crippen LogP contribution < -0.4 is 20.1 Å². The predicted molar refractivity (Wildman–Crippen MR) is 119 cm³/mol. The highest BCUT2D eigenvalue weighted by Gasteiger charge is 2.26. The first kappa shape index (κ1) is 21.6. The first-order valence-electron chi connectivity index (χ1n) is 9.53. The van der Waals surface area contributed by atoms with E-state index in [4.69, 9.17) is 9.47 Å². The number of nitrogens with zero attached hydrogens (tertiary/aromatic N) is 1. The fourth-order valence-electron chi connectivity index (χ4n) is 3.02. The maximum absolute atomic E-state index is 12.9. The first-order valence-corrected chi connectivity index (χ1v) is 10.3. The number of carbonyl (C=O) groups is 2.